The number of aromatic nitrogens is 5. The number of fused-ring (bicyclic) bond motifs is 1. The zero-order valence-electron chi connectivity index (χ0n) is 15.6. The molecular formula is C18H20F3N7O. The average molecular weight is 407 g/mol. The third kappa shape index (κ3) is 3.89. The number of pyridine rings is 1. The fraction of sp³-hybridized carbons (Fsp3) is 0.444. The Balaban J connectivity index is 1.44. The van der Waals surface area contributed by atoms with Crippen molar-refractivity contribution in [3.63, 3.8) is 0 Å². The van der Waals surface area contributed by atoms with Gasteiger partial charge in [-0.3, -0.25) is 9.20 Å². The molecule has 29 heavy (non-hydrogen) atoms. The second-order valence-electron chi connectivity index (χ2n) is 7.18. The molecule has 1 fully saturated rings. The van der Waals surface area contributed by atoms with E-state index >= 15 is 0 Å². The van der Waals surface area contributed by atoms with E-state index in [1.54, 1.807) is 18.2 Å². The first kappa shape index (κ1) is 19.2. The van der Waals surface area contributed by atoms with Crippen molar-refractivity contribution >= 4 is 17.4 Å². The highest BCUT2D eigenvalue weighted by Gasteiger charge is 2.34. The van der Waals surface area contributed by atoms with Crippen LogP contribution in [0.5, 0.6) is 0 Å². The van der Waals surface area contributed by atoms with Crippen LogP contribution in [0.25, 0.3) is 5.65 Å². The summed E-state index contributed by atoms with van der Waals surface area (Å²) in [5.41, 5.74) is -0.399. The highest BCUT2D eigenvalue weighted by Crippen LogP contribution is 2.31. The summed E-state index contributed by atoms with van der Waals surface area (Å²) in [5.74, 6) is 0.388. The number of nitrogens with zero attached hydrogens (tertiary/aromatic N) is 5. The van der Waals surface area contributed by atoms with Crippen molar-refractivity contribution < 1.29 is 18.0 Å². The van der Waals surface area contributed by atoms with Crippen LogP contribution in [-0.4, -0.2) is 49.8 Å². The number of hydrogen-bond donors (Lipinski definition) is 2. The fourth-order valence-electron chi connectivity index (χ4n) is 3.79. The monoisotopic (exact) mass is 407 g/mol. The first-order valence-corrected chi connectivity index (χ1v) is 9.27. The molecule has 8 nitrogen and oxygen atoms in total. The van der Waals surface area contributed by atoms with Gasteiger partial charge in [-0.25, -0.2) is 4.98 Å². The standard InChI is InChI=1S/C18H20F3N7O/c1-27(16-4-2-3-15-24-14(10-28(15)16)18(19,20)21)12-7-5-11(6-8-12)23-17(29)13-9-22-26-25-13/h2-4,9-12H,5-8H2,1H3,(H,23,29)(H,22,25,26). The van der Waals surface area contributed by atoms with Gasteiger partial charge in [0, 0.05) is 25.3 Å². The Morgan fingerprint density at radius 1 is 1.28 bits per heavy atom. The summed E-state index contributed by atoms with van der Waals surface area (Å²) in [6, 6.07) is 5.23. The van der Waals surface area contributed by atoms with E-state index in [9.17, 15) is 18.0 Å². The molecule has 0 aromatic carbocycles. The fourth-order valence-corrected chi connectivity index (χ4v) is 3.79. The zero-order chi connectivity index (χ0) is 20.6. The molecule has 11 heteroatoms. The molecule has 1 saturated carbocycles. The molecule has 0 spiro atoms. The Kier molecular flexibility index (Phi) is 4.89. The number of carbonyl (C=O) groups is 1. The lowest BCUT2D eigenvalue weighted by molar-refractivity contribution is -0.140. The average Bonchev–Trinajstić information content (AvgIpc) is 3.37. The van der Waals surface area contributed by atoms with Gasteiger partial charge < -0.3 is 10.2 Å². The minimum atomic E-state index is -4.48. The van der Waals surface area contributed by atoms with Crippen LogP contribution in [0.2, 0.25) is 0 Å². The molecule has 154 valence electrons. The van der Waals surface area contributed by atoms with Crippen LogP contribution in [0.4, 0.5) is 19.0 Å². The van der Waals surface area contributed by atoms with Crippen LogP contribution in [0, 0.1) is 0 Å². The van der Waals surface area contributed by atoms with Gasteiger partial charge in [0.2, 0.25) is 0 Å². The maximum Gasteiger partial charge on any atom is 0.434 e. The van der Waals surface area contributed by atoms with Gasteiger partial charge in [0.1, 0.15) is 11.5 Å². The van der Waals surface area contributed by atoms with Crippen LogP contribution < -0.4 is 10.2 Å². The highest BCUT2D eigenvalue weighted by atomic mass is 19.4. The number of aromatic amines is 1. The first-order chi connectivity index (χ1) is 13.8. The van der Waals surface area contributed by atoms with Gasteiger partial charge in [-0.2, -0.15) is 28.6 Å². The van der Waals surface area contributed by atoms with Gasteiger partial charge in [-0.15, -0.1) is 0 Å². The topological polar surface area (TPSA) is 91.2 Å². The molecule has 0 unspecified atom stereocenters. The van der Waals surface area contributed by atoms with Crippen molar-refractivity contribution in [3.05, 3.63) is 42.0 Å². The van der Waals surface area contributed by atoms with E-state index in [0.717, 1.165) is 31.9 Å². The quantitative estimate of drug-likeness (QED) is 0.694. The lowest BCUT2D eigenvalue weighted by atomic mass is 9.90. The first-order valence-electron chi connectivity index (χ1n) is 9.27. The predicted octanol–water partition coefficient (Wildman–Crippen LogP) is 2.65. The Bertz CT molecular complexity index is 991. The summed E-state index contributed by atoms with van der Waals surface area (Å²) in [7, 11) is 1.88. The molecule has 0 radical (unpaired) electrons. The summed E-state index contributed by atoms with van der Waals surface area (Å²) in [4.78, 5) is 17.8. The largest absolute Gasteiger partial charge is 0.434 e. The Morgan fingerprint density at radius 3 is 2.69 bits per heavy atom. The number of carbonyl (C=O) groups excluding carboxylic acids is 1. The van der Waals surface area contributed by atoms with E-state index in [2.05, 4.69) is 25.7 Å². The summed E-state index contributed by atoms with van der Waals surface area (Å²) in [5, 5.41) is 12.8. The summed E-state index contributed by atoms with van der Waals surface area (Å²) >= 11 is 0. The Hall–Kier alpha value is -3.11. The highest BCUT2D eigenvalue weighted by molar-refractivity contribution is 5.92. The molecular weight excluding hydrogens is 387 g/mol. The molecule has 3 aromatic heterocycles. The minimum Gasteiger partial charge on any atom is -0.358 e. The minimum absolute atomic E-state index is 0.0321. The maximum atomic E-state index is 13.0. The second kappa shape index (κ2) is 7.37. The molecule has 1 aliphatic carbocycles. The number of amides is 1. The maximum absolute atomic E-state index is 13.0. The van der Waals surface area contributed by atoms with Crippen molar-refractivity contribution in [3.8, 4) is 0 Å². The van der Waals surface area contributed by atoms with Crippen LogP contribution in [0.3, 0.4) is 0 Å². The van der Waals surface area contributed by atoms with Gasteiger partial charge in [0.05, 0.1) is 6.20 Å². The van der Waals surface area contributed by atoms with Crippen LogP contribution in [-0.2, 0) is 6.18 Å². The molecule has 1 aliphatic rings. The van der Waals surface area contributed by atoms with E-state index in [0.29, 0.717) is 5.82 Å². The number of alkyl halides is 3. The van der Waals surface area contributed by atoms with Crippen molar-refractivity contribution in [2.24, 2.45) is 0 Å². The summed E-state index contributed by atoms with van der Waals surface area (Å²) in [6.45, 7) is 0. The third-order valence-corrected chi connectivity index (χ3v) is 5.35. The van der Waals surface area contributed by atoms with Crippen LogP contribution in [0.1, 0.15) is 41.9 Å². The number of hydrogen-bond acceptors (Lipinski definition) is 5. The number of anilines is 1. The van der Waals surface area contributed by atoms with Gasteiger partial charge in [-0.1, -0.05) is 6.07 Å². The third-order valence-electron chi connectivity index (χ3n) is 5.35. The smallest absolute Gasteiger partial charge is 0.358 e. The van der Waals surface area contributed by atoms with E-state index in [1.165, 1.54) is 10.6 Å². The number of halogens is 3. The number of nitrogens with one attached hydrogen (secondary N) is 2. The number of H-pyrrole nitrogens is 1. The van der Waals surface area contributed by atoms with Gasteiger partial charge in [-0.05, 0) is 37.8 Å². The van der Waals surface area contributed by atoms with Crippen molar-refractivity contribution in [2.45, 2.75) is 43.9 Å². The van der Waals surface area contributed by atoms with Crippen molar-refractivity contribution in [1.29, 1.82) is 0 Å². The SMILES string of the molecule is CN(c1cccc2nc(C(F)(F)F)cn12)C1CCC(NC(=O)c2cn[nH]n2)CC1. The van der Waals surface area contributed by atoms with Gasteiger partial charge in [0.25, 0.3) is 5.91 Å². The van der Waals surface area contributed by atoms with Crippen LogP contribution in [0.15, 0.2) is 30.6 Å². The predicted molar refractivity (Wildman–Crippen MR) is 98.5 cm³/mol. The Labute approximate surface area is 164 Å². The summed E-state index contributed by atoms with van der Waals surface area (Å²) in [6.07, 6.45) is 1.07. The molecule has 0 aliphatic heterocycles. The molecule has 3 aromatic rings. The van der Waals surface area contributed by atoms with E-state index in [4.69, 9.17) is 0 Å². The Morgan fingerprint density at radius 2 is 2.03 bits per heavy atom. The summed E-state index contributed by atoms with van der Waals surface area (Å²) < 4.78 is 40.6. The van der Waals surface area contributed by atoms with Gasteiger partial charge >= 0.3 is 6.18 Å². The molecule has 4 rings (SSSR count). The van der Waals surface area contributed by atoms with Crippen molar-refractivity contribution in [2.75, 3.05) is 11.9 Å². The lowest BCUT2D eigenvalue weighted by Gasteiger charge is -2.36. The zero-order valence-corrected chi connectivity index (χ0v) is 15.6. The second-order valence-corrected chi connectivity index (χ2v) is 7.18. The molecule has 2 N–H and O–H groups in total. The molecule has 0 bridgehead atoms. The molecule has 0 atom stereocenters. The molecule has 0 saturated heterocycles. The normalized spacial score (nSPS) is 20.0. The van der Waals surface area contributed by atoms with E-state index in [1.807, 2.05) is 11.9 Å². The molecule has 1 amide bonds. The van der Waals surface area contributed by atoms with E-state index in [-0.39, 0.29) is 29.3 Å². The lowest BCUT2D eigenvalue weighted by Crippen LogP contribution is -2.43. The van der Waals surface area contributed by atoms with Crippen molar-refractivity contribution in [1.82, 2.24) is 30.1 Å². The molecule has 3 heterocycles. The van der Waals surface area contributed by atoms with E-state index < -0.39 is 11.9 Å². The number of imidazole rings is 1. The number of rotatable bonds is 4. The van der Waals surface area contributed by atoms with Gasteiger partial charge in [0.15, 0.2) is 11.4 Å². The van der Waals surface area contributed by atoms with Crippen LogP contribution >= 0.6 is 0 Å².